The number of rotatable bonds is 6. The molecule has 0 radical (unpaired) electrons. The highest BCUT2D eigenvalue weighted by atomic mass is 16.3. The minimum Gasteiger partial charge on any atom is -0.398 e. The van der Waals surface area contributed by atoms with E-state index in [4.69, 9.17) is 4.42 Å². The van der Waals surface area contributed by atoms with E-state index in [0.29, 0.717) is 0 Å². The zero-order valence-corrected chi connectivity index (χ0v) is 15.6. The van der Waals surface area contributed by atoms with Crippen LogP contribution in [-0.4, -0.2) is 5.91 Å². The Kier molecular flexibility index (Phi) is 6.00. The van der Waals surface area contributed by atoms with Gasteiger partial charge in [-0.05, 0) is 31.2 Å². The van der Waals surface area contributed by atoms with Crippen molar-refractivity contribution in [2.45, 2.75) is 20.4 Å². The number of nitrogens with zero attached hydrogens (tertiary/aromatic N) is 2. The molecule has 0 aliphatic carbocycles. The van der Waals surface area contributed by atoms with E-state index >= 15 is 0 Å². The van der Waals surface area contributed by atoms with Crippen LogP contribution >= 0.6 is 0 Å². The number of benzene rings is 2. The highest BCUT2D eigenvalue weighted by Crippen LogP contribution is 2.15. The van der Waals surface area contributed by atoms with Gasteiger partial charge in [0.25, 0.3) is 5.52 Å². The van der Waals surface area contributed by atoms with Crippen molar-refractivity contribution in [2.75, 3.05) is 4.90 Å². The summed E-state index contributed by atoms with van der Waals surface area (Å²) in [6.07, 6.45) is 11.3. The van der Waals surface area contributed by atoms with Crippen LogP contribution in [0.4, 0.5) is 5.69 Å². The van der Waals surface area contributed by atoms with Gasteiger partial charge in [0.05, 0.1) is 6.08 Å². The summed E-state index contributed by atoms with van der Waals surface area (Å²) in [7, 11) is 0. The fourth-order valence-corrected chi connectivity index (χ4v) is 2.87. The van der Waals surface area contributed by atoms with Crippen LogP contribution in [0, 0.1) is 0 Å². The predicted octanol–water partition coefficient (Wildman–Crippen LogP) is 4.88. The molecule has 4 nitrogen and oxygen atoms in total. The molecule has 0 N–H and O–H groups in total. The van der Waals surface area contributed by atoms with E-state index in [1.165, 1.54) is 0 Å². The monoisotopic (exact) mass is 359 g/mol. The summed E-state index contributed by atoms with van der Waals surface area (Å²) in [6, 6.07) is 17.6. The summed E-state index contributed by atoms with van der Waals surface area (Å²) in [5, 5.41) is 0. The third kappa shape index (κ3) is 4.42. The Hall–Kier alpha value is -3.40. The molecular formula is C23H23N2O2+. The SMILES string of the molecule is CC[n+]1c(/C=C/C=C/C=C/N(C(C)=O)c2ccccc2)oc2ccccc21. The van der Waals surface area contributed by atoms with Gasteiger partial charge in [-0.3, -0.25) is 9.69 Å². The molecule has 3 rings (SSSR count). The van der Waals surface area contributed by atoms with Gasteiger partial charge in [0.1, 0.15) is 6.54 Å². The molecule has 0 atom stereocenters. The molecular weight excluding hydrogens is 336 g/mol. The lowest BCUT2D eigenvalue weighted by Gasteiger charge is -2.15. The standard InChI is InChI=1S/C23H23N2O2/c1-3-24-21-15-10-11-16-22(21)27-23(24)17-9-4-5-12-18-25(19(2)26)20-13-7-6-8-14-20/h4-18H,3H2,1-2H3/q+1. The van der Waals surface area contributed by atoms with E-state index in [9.17, 15) is 4.79 Å². The molecule has 1 amide bonds. The lowest BCUT2D eigenvalue weighted by Crippen LogP contribution is -2.33. The number of carbonyl (C=O) groups is 1. The van der Waals surface area contributed by atoms with E-state index in [1.54, 1.807) is 18.0 Å². The number of amides is 1. The average Bonchev–Trinajstić information content (AvgIpc) is 3.05. The Morgan fingerprint density at radius 1 is 1.00 bits per heavy atom. The number of hydrogen-bond acceptors (Lipinski definition) is 2. The highest BCUT2D eigenvalue weighted by molar-refractivity contribution is 5.93. The molecule has 1 aromatic heterocycles. The number of fused-ring (bicyclic) bond motifs is 1. The van der Waals surface area contributed by atoms with Gasteiger partial charge in [-0.1, -0.05) is 48.6 Å². The second-order valence-corrected chi connectivity index (χ2v) is 5.96. The summed E-state index contributed by atoms with van der Waals surface area (Å²) in [4.78, 5) is 13.4. The zero-order valence-electron chi connectivity index (χ0n) is 15.6. The summed E-state index contributed by atoms with van der Waals surface area (Å²) in [5.74, 6) is 0.773. The fourth-order valence-electron chi connectivity index (χ4n) is 2.87. The van der Waals surface area contributed by atoms with E-state index in [2.05, 4.69) is 17.6 Å². The second kappa shape index (κ2) is 8.81. The Bertz CT molecular complexity index is 998. The third-order valence-electron chi connectivity index (χ3n) is 4.13. The second-order valence-electron chi connectivity index (χ2n) is 5.96. The van der Waals surface area contributed by atoms with Crippen molar-refractivity contribution < 1.29 is 13.8 Å². The number of oxazole rings is 1. The van der Waals surface area contributed by atoms with Gasteiger partial charge in [-0.2, -0.15) is 4.57 Å². The van der Waals surface area contributed by atoms with E-state index in [0.717, 1.165) is 29.2 Å². The Morgan fingerprint density at radius 2 is 1.70 bits per heavy atom. The molecule has 2 aromatic carbocycles. The number of allylic oxidation sites excluding steroid dienone is 4. The van der Waals surface area contributed by atoms with Crippen LogP contribution in [0.3, 0.4) is 0 Å². The number of para-hydroxylation sites is 3. The predicted molar refractivity (Wildman–Crippen MR) is 109 cm³/mol. The summed E-state index contributed by atoms with van der Waals surface area (Å²) < 4.78 is 8.02. The van der Waals surface area contributed by atoms with Gasteiger partial charge < -0.3 is 4.42 Å². The fraction of sp³-hybridized carbons (Fsp3) is 0.130. The number of carbonyl (C=O) groups excluding carboxylic acids is 1. The van der Waals surface area contributed by atoms with Gasteiger partial charge in [-0.25, -0.2) is 0 Å². The summed E-state index contributed by atoms with van der Waals surface area (Å²) >= 11 is 0. The van der Waals surface area contributed by atoms with Crippen molar-refractivity contribution in [3.63, 3.8) is 0 Å². The quantitative estimate of drug-likeness (QED) is 0.465. The van der Waals surface area contributed by atoms with E-state index in [1.807, 2.05) is 78.9 Å². The van der Waals surface area contributed by atoms with Crippen molar-refractivity contribution >= 4 is 28.8 Å². The van der Waals surface area contributed by atoms with Crippen molar-refractivity contribution in [3.05, 3.63) is 91.0 Å². The molecule has 4 heteroatoms. The zero-order chi connectivity index (χ0) is 19.1. The highest BCUT2D eigenvalue weighted by Gasteiger charge is 2.17. The van der Waals surface area contributed by atoms with Crippen LogP contribution in [0.5, 0.6) is 0 Å². The smallest absolute Gasteiger partial charge is 0.374 e. The molecule has 0 aliphatic heterocycles. The van der Waals surface area contributed by atoms with Crippen LogP contribution in [0.15, 0.2) is 89.5 Å². The van der Waals surface area contributed by atoms with Crippen LogP contribution < -0.4 is 9.47 Å². The van der Waals surface area contributed by atoms with Gasteiger partial charge >= 0.3 is 5.89 Å². The largest absolute Gasteiger partial charge is 0.398 e. The first-order valence-electron chi connectivity index (χ1n) is 8.98. The minimum absolute atomic E-state index is 0.0346. The Morgan fingerprint density at radius 3 is 2.44 bits per heavy atom. The van der Waals surface area contributed by atoms with Crippen LogP contribution in [0.1, 0.15) is 19.7 Å². The molecule has 0 unspecified atom stereocenters. The van der Waals surface area contributed by atoms with Gasteiger partial charge in [0.2, 0.25) is 11.5 Å². The molecule has 0 saturated heterocycles. The van der Waals surface area contributed by atoms with Crippen molar-refractivity contribution in [1.29, 1.82) is 0 Å². The third-order valence-corrected chi connectivity index (χ3v) is 4.13. The lowest BCUT2D eigenvalue weighted by atomic mass is 10.3. The van der Waals surface area contributed by atoms with E-state index in [-0.39, 0.29) is 5.91 Å². The topological polar surface area (TPSA) is 37.3 Å². The molecule has 0 spiro atoms. The molecule has 1 heterocycles. The Labute approximate surface area is 159 Å². The first kappa shape index (κ1) is 18.4. The van der Waals surface area contributed by atoms with Crippen LogP contribution in [0.2, 0.25) is 0 Å². The average molecular weight is 359 g/mol. The van der Waals surface area contributed by atoms with Gasteiger partial charge in [-0.15, -0.1) is 0 Å². The molecule has 136 valence electrons. The number of anilines is 1. The van der Waals surface area contributed by atoms with E-state index < -0.39 is 0 Å². The molecule has 3 aromatic rings. The number of aromatic nitrogens is 1. The van der Waals surface area contributed by atoms with Crippen LogP contribution in [-0.2, 0) is 11.3 Å². The van der Waals surface area contributed by atoms with Crippen LogP contribution in [0.25, 0.3) is 17.2 Å². The lowest BCUT2D eigenvalue weighted by molar-refractivity contribution is -0.674. The molecule has 27 heavy (non-hydrogen) atoms. The maximum atomic E-state index is 11.8. The number of hydrogen-bond donors (Lipinski definition) is 0. The van der Waals surface area contributed by atoms with Gasteiger partial charge in [0, 0.05) is 24.9 Å². The number of aryl methyl sites for hydroxylation is 1. The van der Waals surface area contributed by atoms with Crippen molar-refractivity contribution in [2.24, 2.45) is 0 Å². The first-order chi connectivity index (χ1) is 13.2. The molecule has 0 aliphatic rings. The Balaban J connectivity index is 1.70. The normalized spacial score (nSPS) is 11.9. The molecule has 0 bridgehead atoms. The maximum Gasteiger partial charge on any atom is 0.374 e. The summed E-state index contributed by atoms with van der Waals surface area (Å²) in [5.41, 5.74) is 2.81. The molecule has 0 saturated carbocycles. The van der Waals surface area contributed by atoms with Crippen molar-refractivity contribution in [3.8, 4) is 0 Å². The van der Waals surface area contributed by atoms with Crippen molar-refractivity contribution in [1.82, 2.24) is 0 Å². The first-order valence-corrected chi connectivity index (χ1v) is 8.98. The van der Waals surface area contributed by atoms with Gasteiger partial charge in [0.15, 0.2) is 0 Å². The molecule has 0 fully saturated rings. The maximum absolute atomic E-state index is 11.8. The minimum atomic E-state index is -0.0346. The summed E-state index contributed by atoms with van der Waals surface area (Å²) in [6.45, 7) is 4.48.